The molecule has 1 aliphatic rings. The van der Waals surface area contributed by atoms with Gasteiger partial charge in [0.15, 0.2) is 11.5 Å². The number of carbonyl (C=O) groups is 2. The van der Waals surface area contributed by atoms with Crippen LogP contribution in [0.4, 0.5) is 0 Å². The molecule has 0 aromatic heterocycles. The molecule has 3 rings (SSSR count). The second kappa shape index (κ2) is 11.6. The van der Waals surface area contributed by atoms with E-state index in [4.69, 9.17) is 18.9 Å². The van der Waals surface area contributed by atoms with Crippen LogP contribution in [0.25, 0.3) is 5.76 Å². The lowest BCUT2D eigenvalue weighted by Crippen LogP contribution is -2.31. The molecule has 0 saturated carbocycles. The molecule has 1 amide bonds. The molecule has 1 aliphatic heterocycles. The van der Waals surface area contributed by atoms with Crippen molar-refractivity contribution in [3.05, 3.63) is 59.2 Å². The van der Waals surface area contributed by atoms with Crippen LogP contribution in [0.5, 0.6) is 17.2 Å². The van der Waals surface area contributed by atoms with Gasteiger partial charge in [0.2, 0.25) is 0 Å². The van der Waals surface area contributed by atoms with E-state index >= 15 is 0 Å². The number of methoxy groups -OCH3 is 2. The third-order valence-corrected chi connectivity index (χ3v) is 5.53. The summed E-state index contributed by atoms with van der Waals surface area (Å²) in [5, 5.41) is 11.2. The van der Waals surface area contributed by atoms with Crippen LogP contribution in [-0.2, 0) is 14.3 Å². The monoisotopic (exact) mass is 469 g/mol. The summed E-state index contributed by atoms with van der Waals surface area (Å²) in [6.45, 7) is 5.44. The SMILES string of the molecule is CCOc1ccc(C(O)=C2C(=O)C(=O)N(CCCOC)C2c2ccc(OCC)c(OC)c2)cc1. The van der Waals surface area contributed by atoms with E-state index in [0.29, 0.717) is 61.2 Å². The lowest BCUT2D eigenvalue weighted by molar-refractivity contribution is -0.140. The number of benzene rings is 2. The topological polar surface area (TPSA) is 94.5 Å². The molecular weight excluding hydrogens is 438 g/mol. The fourth-order valence-electron chi connectivity index (χ4n) is 4.00. The van der Waals surface area contributed by atoms with E-state index in [9.17, 15) is 14.7 Å². The molecular formula is C26H31NO7. The molecule has 1 N–H and O–H groups in total. The normalized spacial score (nSPS) is 17.2. The highest BCUT2D eigenvalue weighted by molar-refractivity contribution is 6.46. The number of Topliss-reactive ketones (excluding diaryl/α,β-unsaturated/α-hetero) is 1. The van der Waals surface area contributed by atoms with Gasteiger partial charge in [-0.05, 0) is 62.2 Å². The first-order valence-corrected chi connectivity index (χ1v) is 11.3. The fourth-order valence-corrected chi connectivity index (χ4v) is 4.00. The molecule has 1 heterocycles. The van der Waals surface area contributed by atoms with Crippen LogP contribution in [0, 0.1) is 0 Å². The zero-order valence-corrected chi connectivity index (χ0v) is 20.0. The van der Waals surface area contributed by atoms with E-state index in [0.717, 1.165) is 0 Å². The van der Waals surface area contributed by atoms with Gasteiger partial charge in [0.05, 0.1) is 31.9 Å². The predicted octanol–water partition coefficient (Wildman–Crippen LogP) is 3.95. The summed E-state index contributed by atoms with van der Waals surface area (Å²) in [6.07, 6.45) is 0.539. The minimum atomic E-state index is -0.784. The molecule has 34 heavy (non-hydrogen) atoms. The van der Waals surface area contributed by atoms with Gasteiger partial charge in [0.1, 0.15) is 11.5 Å². The number of hydrogen-bond donors (Lipinski definition) is 1. The van der Waals surface area contributed by atoms with Crippen LogP contribution in [0.2, 0.25) is 0 Å². The van der Waals surface area contributed by atoms with E-state index in [1.807, 2.05) is 13.8 Å². The van der Waals surface area contributed by atoms with Gasteiger partial charge in [-0.1, -0.05) is 6.07 Å². The number of carbonyl (C=O) groups excluding carboxylic acids is 2. The molecule has 1 saturated heterocycles. The molecule has 0 spiro atoms. The van der Waals surface area contributed by atoms with Crippen molar-refractivity contribution in [2.75, 3.05) is 40.6 Å². The first-order chi connectivity index (χ1) is 16.5. The quantitative estimate of drug-likeness (QED) is 0.230. The van der Waals surface area contributed by atoms with Crippen molar-refractivity contribution in [1.82, 2.24) is 4.90 Å². The summed E-state index contributed by atoms with van der Waals surface area (Å²) in [5.74, 6) is 0.0305. The molecule has 0 radical (unpaired) electrons. The predicted molar refractivity (Wildman–Crippen MR) is 127 cm³/mol. The number of likely N-dealkylation sites (tertiary alicyclic amines) is 1. The number of aliphatic hydroxyl groups excluding tert-OH is 1. The zero-order chi connectivity index (χ0) is 24.7. The summed E-state index contributed by atoms with van der Waals surface area (Å²) in [5.41, 5.74) is 1.07. The average molecular weight is 470 g/mol. The van der Waals surface area contributed by atoms with Crippen molar-refractivity contribution in [3.8, 4) is 17.2 Å². The Balaban J connectivity index is 2.11. The van der Waals surface area contributed by atoms with Crippen LogP contribution < -0.4 is 14.2 Å². The van der Waals surface area contributed by atoms with Gasteiger partial charge in [-0.25, -0.2) is 0 Å². The average Bonchev–Trinajstić information content (AvgIpc) is 3.10. The maximum absolute atomic E-state index is 13.1. The van der Waals surface area contributed by atoms with Crippen molar-refractivity contribution in [3.63, 3.8) is 0 Å². The highest BCUT2D eigenvalue weighted by Crippen LogP contribution is 2.42. The maximum atomic E-state index is 13.1. The third-order valence-electron chi connectivity index (χ3n) is 5.53. The van der Waals surface area contributed by atoms with Crippen LogP contribution in [0.3, 0.4) is 0 Å². The van der Waals surface area contributed by atoms with Crippen LogP contribution in [-0.4, -0.2) is 62.3 Å². The highest BCUT2D eigenvalue weighted by atomic mass is 16.5. The van der Waals surface area contributed by atoms with E-state index in [1.54, 1.807) is 49.6 Å². The Morgan fingerprint density at radius 3 is 2.29 bits per heavy atom. The molecule has 1 unspecified atom stereocenters. The molecule has 2 aromatic rings. The molecule has 2 aromatic carbocycles. The molecule has 8 nitrogen and oxygen atoms in total. The van der Waals surface area contributed by atoms with Gasteiger partial charge in [0, 0.05) is 25.8 Å². The van der Waals surface area contributed by atoms with E-state index in [-0.39, 0.29) is 11.3 Å². The molecule has 8 heteroatoms. The lowest BCUT2D eigenvalue weighted by Gasteiger charge is -2.26. The minimum Gasteiger partial charge on any atom is -0.507 e. The van der Waals surface area contributed by atoms with Gasteiger partial charge >= 0.3 is 0 Å². The largest absolute Gasteiger partial charge is 0.507 e. The number of rotatable bonds is 11. The number of ether oxygens (including phenoxy) is 4. The third kappa shape index (κ3) is 5.17. The molecule has 1 fully saturated rings. The van der Waals surface area contributed by atoms with E-state index < -0.39 is 17.7 Å². The Labute approximate surface area is 199 Å². The van der Waals surface area contributed by atoms with Crippen molar-refractivity contribution >= 4 is 17.4 Å². The Bertz CT molecular complexity index is 1050. The Kier molecular flexibility index (Phi) is 8.54. The maximum Gasteiger partial charge on any atom is 0.295 e. The molecule has 1 atom stereocenters. The molecule has 0 aliphatic carbocycles. The number of amides is 1. The summed E-state index contributed by atoms with van der Waals surface area (Å²) in [7, 11) is 3.10. The Morgan fingerprint density at radius 1 is 0.971 bits per heavy atom. The Hall–Kier alpha value is -3.52. The number of ketones is 1. The summed E-state index contributed by atoms with van der Waals surface area (Å²) < 4.78 is 21.7. The lowest BCUT2D eigenvalue weighted by atomic mass is 9.95. The van der Waals surface area contributed by atoms with Crippen molar-refractivity contribution < 1.29 is 33.6 Å². The van der Waals surface area contributed by atoms with Crippen molar-refractivity contribution in [1.29, 1.82) is 0 Å². The second-order valence-electron chi connectivity index (χ2n) is 7.64. The summed E-state index contributed by atoms with van der Waals surface area (Å²) in [6, 6.07) is 11.2. The number of hydrogen-bond acceptors (Lipinski definition) is 7. The second-order valence-corrected chi connectivity index (χ2v) is 7.64. The first kappa shape index (κ1) is 25.1. The first-order valence-electron chi connectivity index (χ1n) is 11.3. The smallest absolute Gasteiger partial charge is 0.295 e. The van der Waals surface area contributed by atoms with Gasteiger partial charge in [-0.15, -0.1) is 0 Å². The van der Waals surface area contributed by atoms with Gasteiger partial charge in [-0.2, -0.15) is 0 Å². The van der Waals surface area contributed by atoms with Gasteiger partial charge in [-0.3, -0.25) is 9.59 Å². The fraction of sp³-hybridized carbons (Fsp3) is 0.385. The zero-order valence-electron chi connectivity index (χ0n) is 20.0. The minimum absolute atomic E-state index is 0.0257. The summed E-state index contributed by atoms with van der Waals surface area (Å²) in [4.78, 5) is 27.6. The van der Waals surface area contributed by atoms with Crippen LogP contribution in [0.1, 0.15) is 37.4 Å². The highest BCUT2D eigenvalue weighted by Gasteiger charge is 2.46. The van der Waals surface area contributed by atoms with Crippen LogP contribution >= 0.6 is 0 Å². The van der Waals surface area contributed by atoms with Crippen LogP contribution in [0.15, 0.2) is 48.0 Å². The molecule has 182 valence electrons. The van der Waals surface area contributed by atoms with Crippen molar-refractivity contribution in [2.45, 2.75) is 26.3 Å². The molecule has 0 bridgehead atoms. The van der Waals surface area contributed by atoms with Gasteiger partial charge < -0.3 is 29.0 Å². The van der Waals surface area contributed by atoms with E-state index in [2.05, 4.69) is 0 Å². The Morgan fingerprint density at radius 2 is 1.68 bits per heavy atom. The standard InChI is InChI=1S/C26H31NO7/c1-5-33-19-11-8-17(9-12-19)24(28)22-23(27(14-7-15-31-3)26(30)25(22)29)18-10-13-20(34-6-2)21(16-18)32-4/h8-13,16,23,28H,5-7,14-15H2,1-4H3. The number of aliphatic hydroxyl groups is 1. The summed E-state index contributed by atoms with van der Waals surface area (Å²) >= 11 is 0. The van der Waals surface area contributed by atoms with E-state index in [1.165, 1.54) is 12.0 Å². The van der Waals surface area contributed by atoms with Crippen molar-refractivity contribution in [2.24, 2.45) is 0 Å². The number of nitrogens with zero attached hydrogens (tertiary/aromatic N) is 1. The van der Waals surface area contributed by atoms with Gasteiger partial charge in [0.25, 0.3) is 11.7 Å².